The second-order valence-electron chi connectivity index (χ2n) is 6.32. The smallest absolute Gasteiger partial charge is 0.325 e. The van der Waals surface area contributed by atoms with Crippen molar-refractivity contribution < 1.29 is 9.90 Å². The number of hydrogen-bond donors (Lipinski definition) is 2. The first kappa shape index (κ1) is 19.7. The molecule has 1 unspecified atom stereocenters. The van der Waals surface area contributed by atoms with Crippen molar-refractivity contribution in [1.82, 2.24) is 5.32 Å². The summed E-state index contributed by atoms with van der Waals surface area (Å²) >= 11 is 0. The van der Waals surface area contributed by atoms with Gasteiger partial charge < -0.3 is 10.4 Å². The first-order chi connectivity index (χ1) is 11.3. The van der Waals surface area contributed by atoms with Crippen LogP contribution in [0.15, 0.2) is 30.3 Å². The van der Waals surface area contributed by atoms with Crippen molar-refractivity contribution in [2.75, 3.05) is 6.54 Å². The fourth-order valence-corrected chi connectivity index (χ4v) is 2.85. The Labute approximate surface area is 141 Å². The summed E-state index contributed by atoms with van der Waals surface area (Å²) in [6, 6.07) is 8.81. The minimum atomic E-state index is -0.803. The van der Waals surface area contributed by atoms with E-state index in [1.54, 1.807) is 0 Å². The van der Waals surface area contributed by atoms with Gasteiger partial charge in [-0.2, -0.15) is 0 Å². The molecule has 130 valence electrons. The van der Waals surface area contributed by atoms with Gasteiger partial charge in [0.25, 0.3) is 0 Å². The van der Waals surface area contributed by atoms with Crippen LogP contribution < -0.4 is 5.32 Å². The summed E-state index contributed by atoms with van der Waals surface area (Å²) in [5.74, 6) is -0.803. The van der Waals surface area contributed by atoms with Gasteiger partial charge in [-0.3, -0.25) is 4.79 Å². The van der Waals surface area contributed by atoms with Crippen molar-refractivity contribution in [1.29, 1.82) is 0 Å². The van der Waals surface area contributed by atoms with Crippen LogP contribution in [0.3, 0.4) is 0 Å². The SMILES string of the molecule is CCCCCCCCCCCCNC(C(=O)O)c1ccccc1. The van der Waals surface area contributed by atoms with Gasteiger partial charge >= 0.3 is 5.97 Å². The van der Waals surface area contributed by atoms with E-state index in [2.05, 4.69) is 12.2 Å². The van der Waals surface area contributed by atoms with Crippen molar-refractivity contribution in [2.24, 2.45) is 0 Å². The second-order valence-corrected chi connectivity index (χ2v) is 6.32. The van der Waals surface area contributed by atoms with Crippen LogP contribution in [0.2, 0.25) is 0 Å². The largest absolute Gasteiger partial charge is 0.480 e. The van der Waals surface area contributed by atoms with Gasteiger partial charge in [-0.05, 0) is 18.5 Å². The van der Waals surface area contributed by atoms with E-state index in [9.17, 15) is 9.90 Å². The molecule has 3 nitrogen and oxygen atoms in total. The molecule has 0 aliphatic rings. The van der Waals surface area contributed by atoms with Crippen molar-refractivity contribution in [3.63, 3.8) is 0 Å². The zero-order chi connectivity index (χ0) is 16.8. The number of rotatable bonds is 14. The highest BCUT2D eigenvalue weighted by Crippen LogP contribution is 2.13. The average Bonchev–Trinajstić information content (AvgIpc) is 2.56. The maximum Gasteiger partial charge on any atom is 0.325 e. The molecule has 0 saturated carbocycles. The van der Waals surface area contributed by atoms with Gasteiger partial charge in [0, 0.05) is 0 Å². The van der Waals surface area contributed by atoms with Gasteiger partial charge in [0.1, 0.15) is 6.04 Å². The van der Waals surface area contributed by atoms with Crippen LogP contribution >= 0.6 is 0 Å². The molecule has 0 radical (unpaired) electrons. The molecule has 0 amide bonds. The van der Waals surface area contributed by atoms with Gasteiger partial charge in [0.15, 0.2) is 0 Å². The molecule has 0 heterocycles. The Balaban J connectivity index is 2.04. The first-order valence-electron chi connectivity index (χ1n) is 9.27. The van der Waals surface area contributed by atoms with Crippen molar-refractivity contribution in [3.05, 3.63) is 35.9 Å². The molecule has 1 aromatic rings. The summed E-state index contributed by atoms with van der Waals surface area (Å²) < 4.78 is 0. The van der Waals surface area contributed by atoms with Gasteiger partial charge in [0.2, 0.25) is 0 Å². The molecule has 3 heteroatoms. The van der Waals surface area contributed by atoms with Crippen molar-refractivity contribution >= 4 is 5.97 Å². The summed E-state index contributed by atoms with van der Waals surface area (Å²) in [5, 5.41) is 12.5. The van der Waals surface area contributed by atoms with Crippen molar-refractivity contribution in [3.8, 4) is 0 Å². The molecule has 0 aliphatic carbocycles. The molecule has 0 aliphatic heterocycles. The van der Waals surface area contributed by atoms with Crippen LogP contribution in [-0.4, -0.2) is 17.6 Å². The Bertz CT molecular complexity index is 405. The molecule has 2 N–H and O–H groups in total. The third kappa shape index (κ3) is 9.39. The third-order valence-corrected chi connectivity index (χ3v) is 4.26. The Hall–Kier alpha value is -1.35. The highest BCUT2D eigenvalue weighted by atomic mass is 16.4. The van der Waals surface area contributed by atoms with Gasteiger partial charge in [-0.25, -0.2) is 0 Å². The van der Waals surface area contributed by atoms with Gasteiger partial charge in [0.05, 0.1) is 0 Å². The predicted molar refractivity (Wildman–Crippen MR) is 96.7 cm³/mol. The average molecular weight is 319 g/mol. The molecular weight excluding hydrogens is 286 g/mol. The highest BCUT2D eigenvalue weighted by molar-refractivity contribution is 5.75. The van der Waals surface area contributed by atoms with E-state index in [0.29, 0.717) is 0 Å². The van der Waals surface area contributed by atoms with Crippen LogP contribution in [0.25, 0.3) is 0 Å². The molecule has 0 fully saturated rings. The summed E-state index contributed by atoms with van der Waals surface area (Å²) in [5.41, 5.74) is 0.826. The first-order valence-corrected chi connectivity index (χ1v) is 9.27. The van der Waals surface area contributed by atoms with Crippen LogP contribution in [0, 0.1) is 0 Å². The Morgan fingerprint density at radius 3 is 1.96 bits per heavy atom. The van der Waals surface area contributed by atoms with E-state index in [-0.39, 0.29) is 0 Å². The minimum absolute atomic E-state index is 0.588. The number of carboxylic acids is 1. The highest BCUT2D eigenvalue weighted by Gasteiger charge is 2.17. The van der Waals surface area contributed by atoms with Crippen molar-refractivity contribution in [2.45, 2.75) is 77.2 Å². The summed E-state index contributed by atoms with van der Waals surface area (Å²) in [6.45, 7) is 3.02. The molecule has 1 rings (SSSR count). The fraction of sp³-hybridized carbons (Fsp3) is 0.650. The van der Waals surface area contributed by atoms with E-state index in [1.165, 1.54) is 57.8 Å². The number of hydrogen-bond acceptors (Lipinski definition) is 2. The lowest BCUT2D eigenvalue weighted by Gasteiger charge is -2.14. The number of benzene rings is 1. The van der Waals surface area contributed by atoms with Crippen LogP contribution in [-0.2, 0) is 4.79 Å². The Kier molecular flexibility index (Phi) is 11.2. The second kappa shape index (κ2) is 13.1. The number of carbonyl (C=O) groups is 1. The lowest BCUT2D eigenvalue weighted by atomic mass is 10.1. The topological polar surface area (TPSA) is 49.3 Å². The minimum Gasteiger partial charge on any atom is -0.480 e. The monoisotopic (exact) mass is 319 g/mol. The molecule has 1 aromatic carbocycles. The normalized spacial score (nSPS) is 12.2. The molecule has 0 bridgehead atoms. The predicted octanol–water partition coefficient (Wildman–Crippen LogP) is 5.32. The fourth-order valence-electron chi connectivity index (χ4n) is 2.85. The number of aliphatic carboxylic acids is 1. The Morgan fingerprint density at radius 2 is 1.43 bits per heavy atom. The van der Waals surface area contributed by atoms with E-state index < -0.39 is 12.0 Å². The third-order valence-electron chi connectivity index (χ3n) is 4.26. The number of nitrogens with one attached hydrogen (secondary N) is 1. The maximum atomic E-state index is 11.4. The molecule has 0 aromatic heterocycles. The van der Waals surface area contributed by atoms with E-state index in [0.717, 1.165) is 18.5 Å². The molecular formula is C20H33NO2. The number of carboxylic acid groups (broad SMARTS) is 1. The summed E-state index contributed by atoms with van der Waals surface area (Å²) in [4.78, 5) is 11.4. The lowest BCUT2D eigenvalue weighted by Crippen LogP contribution is -2.29. The zero-order valence-corrected chi connectivity index (χ0v) is 14.6. The Morgan fingerprint density at radius 1 is 0.913 bits per heavy atom. The maximum absolute atomic E-state index is 11.4. The standard InChI is InChI=1S/C20H33NO2/c1-2-3-4-5-6-7-8-9-10-14-17-21-19(20(22)23)18-15-12-11-13-16-18/h11-13,15-16,19,21H,2-10,14,17H2,1H3,(H,22,23). The van der Waals surface area contributed by atoms with Gasteiger partial charge in [-0.15, -0.1) is 0 Å². The number of unbranched alkanes of at least 4 members (excludes halogenated alkanes) is 9. The van der Waals surface area contributed by atoms with Crippen LogP contribution in [0.1, 0.15) is 82.7 Å². The summed E-state index contributed by atoms with van der Waals surface area (Å²) in [7, 11) is 0. The lowest BCUT2D eigenvalue weighted by molar-refractivity contribution is -0.139. The molecule has 1 atom stereocenters. The van der Waals surface area contributed by atoms with Gasteiger partial charge in [-0.1, -0.05) is 95.0 Å². The molecule has 0 saturated heterocycles. The van der Waals surface area contributed by atoms with E-state index in [4.69, 9.17) is 0 Å². The van der Waals surface area contributed by atoms with E-state index >= 15 is 0 Å². The quantitative estimate of drug-likeness (QED) is 0.456. The summed E-state index contributed by atoms with van der Waals surface area (Å²) in [6.07, 6.45) is 13.0. The van der Waals surface area contributed by atoms with Crippen LogP contribution in [0.5, 0.6) is 0 Å². The zero-order valence-electron chi connectivity index (χ0n) is 14.6. The molecule has 23 heavy (non-hydrogen) atoms. The van der Waals surface area contributed by atoms with E-state index in [1.807, 2.05) is 30.3 Å². The van der Waals surface area contributed by atoms with Crippen LogP contribution in [0.4, 0.5) is 0 Å². The molecule has 0 spiro atoms.